The fourth-order valence-corrected chi connectivity index (χ4v) is 3.08. The van der Waals surface area contributed by atoms with Crippen LogP contribution in [-0.2, 0) is 13.1 Å². The molecule has 0 fully saturated rings. The molecule has 0 bridgehead atoms. The van der Waals surface area contributed by atoms with Gasteiger partial charge < -0.3 is 15.0 Å². The van der Waals surface area contributed by atoms with Crippen LogP contribution in [0.2, 0.25) is 0 Å². The van der Waals surface area contributed by atoms with Crippen LogP contribution in [0.3, 0.4) is 0 Å². The molecule has 5 heteroatoms. The second kappa shape index (κ2) is 9.03. The summed E-state index contributed by atoms with van der Waals surface area (Å²) in [4.78, 5) is 11.0. The molecule has 27 heavy (non-hydrogen) atoms. The van der Waals surface area contributed by atoms with E-state index < -0.39 is 0 Å². The molecular weight excluding hydrogens is 336 g/mol. The van der Waals surface area contributed by atoms with Crippen LogP contribution in [0.25, 0.3) is 10.8 Å². The lowest BCUT2D eigenvalue weighted by atomic mass is 10.1. The summed E-state index contributed by atoms with van der Waals surface area (Å²) in [6.45, 7) is 4.05. The maximum absolute atomic E-state index is 5.50. The largest absolute Gasteiger partial charge is 0.494 e. The number of ether oxygens (including phenoxy) is 1. The first kappa shape index (κ1) is 18.7. The summed E-state index contributed by atoms with van der Waals surface area (Å²) in [5.74, 6) is 1.73. The maximum atomic E-state index is 5.50. The van der Waals surface area contributed by atoms with E-state index in [9.17, 15) is 0 Å². The molecule has 1 heterocycles. The SMILES string of the molecule is CCOc1ccc(CN(C)C(=NC)NCc2nccc3ccccc23)cc1. The van der Waals surface area contributed by atoms with Crippen LogP contribution in [0, 0.1) is 0 Å². The van der Waals surface area contributed by atoms with Gasteiger partial charge in [0.1, 0.15) is 5.75 Å². The molecule has 2 aromatic carbocycles. The van der Waals surface area contributed by atoms with E-state index in [1.165, 1.54) is 10.9 Å². The minimum atomic E-state index is 0.627. The van der Waals surface area contributed by atoms with E-state index in [1.54, 1.807) is 7.05 Å². The van der Waals surface area contributed by atoms with Gasteiger partial charge in [-0.25, -0.2) is 0 Å². The van der Waals surface area contributed by atoms with Crippen molar-refractivity contribution in [3.63, 3.8) is 0 Å². The fraction of sp³-hybridized carbons (Fsp3) is 0.273. The van der Waals surface area contributed by atoms with E-state index >= 15 is 0 Å². The average molecular weight is 362 g/mol. The molecule has 1 aromatic heterocycles. The summed E-state index contributed by atoms with van der Waals surface area (Å²) in [5.41, 5.74) is 2.22. The van der Waals surface area contributed by atoms with Crippen LogP contribution in [0.1, 0.15) is 18.2 Å². The summed E-state index contributed by atoms with van der Waals surface area (Å²) in [5, 5.41) is 5.78. The Balaban J connectivity index is 1.64. The summed E-state index contributed by atoms with van der Waals surface area (Å²) >= 11 is 0. The van der Waals surface area contributed by atoms with Crippen molar-refractivity contribution in [3.05, 3.63) is 72.1 Å². The summed E-state index contributed by atoms with van der Waals surface area (Å²) in [7, 11) is 3.83. The van der Waals surface area contributed by atoms with Crippen molar-refractivity contribution in [1.82, 2.24) is 15.2 Å². The van der Waals surface area contributed by atoms with Crippen LogP contribution >= 0.6 is 0 Å². The Bertz CT molecular complexity index is 900. The Morgan fingerprint density at radius 1 is 1.11 bits per heavy atom. The molecule has 0 radical (unpaired) electrons. The lowest BCUT2D eigenvalue weighted by Crippen LogP contribution is -2.38. The third-order valence-electron chi connectivity index (χ3n) is 4.40. The summed E-state index contributed by atoms with van der Waals surface area (Å²) in [6, 6.07) is 18.5. The van der Waals surface area contributed by atoms with Crippen LogP contribution in [0.5, 0.6) is 5.75 Å². The number of aliphatic imine (C=N–C) groups is 1. The van der Waals surface area contributed by atoms with Gasteiger partial charge in [0, 0.05) is 32.2 Å². The van der Waals surface area contributed by atoms with E-state index in [-0.39, 0.29) is 0 Å². The van der Waals surface area contributed by atoms with Crippen molar-refractivity contribution in [2.24, 2.45) is 4.99 Å². The highest BCUT2D eigenvalue weighted by molar-refractivity contribution is 5.85. The van der Waals surface area contributed by atoms with E-state index in [4.69, 9.17) is 4.74 Å². The Morgan fingerprint density at radius 3 is 2.63 bits per heavy atom. The molecule has 0 amide bonds. The molecule has 0 aliphatic rings. The Labute approximate surface area is 160 Å². The zero-order valence-corrected chi connectivity index (χ0v) is 16.1. The molecule has 0 saturated heterocycles. The van der Waals surface area contributed by atoms with Gasteiger partial charge in [-0.15, -0.1) is 0 Å². The first-order valence-electron chi connectivity index (χ1n) is 9.17. The molecular formula is C22H26N4O. The van der Waals surface area contributed by atoms with Crippen molar-refractivity contribution in [2.45, 2.75) is 20.0 Å². The standard InChI is InChI=1S/C22H26N4O/c1-4-27-19-11-9-17(10-12-19)16-26(3)22(23-2)25-15-21-20-8-6-5-7-18(20)13-14-24-21/h5-14H,4,15-16H2,1-3H3,(H,23,25). The quantitative estimate of drug-likeness (QED) is 0.535. The number of hydrogen-bond acceptors (Lipinski definition) is 3. The normalized spacial score (nSPS) is 11.4. The van der Waals surface area contributed by atoms with E-state index in [0.29, 0.717) is 13.2 Å². The van der Waals surface area contributed by atoms with E-state index in [0.717, 1.165) is 29.3 Å². The first-order chi connectivity index (χ1) is 13.2. The predicted octanol–water partition coefficient (Wildman–Crippen LogP) is 3.84. The molecule has 0 aliphatic carbocycles. The number of aromatic nitrogens is 1. The number of rotatable bonds is 6. The second-order valence-electron chi connectivity index (χ2n) is 6.31. The number of nitrogens with one attached hydrogen (secondary N) is 1. The molecule has 0 aliphatic heterocycles. The number of hydrogen-bond donors (Lipinski definition) is 1. The monoisotopic (exact) mass is 362 g/mol. The lowest BCUT2D eigenvalue weighted by Gasteiger charge is -2.22. The maximum Gasteiger partial charge on any atom is 0.194 e. The molecule has 0 unspecified atom stereocenters. The fourth-order valence-electron chi connectivity index (χ4n) is 3.08. The molecule has 3 rings (SSSR count). The van der Waals surface area contributed by atoms with Gasteiger partial charge in [0.25, 0.3) is 0 Å². The highest BCUT2D eigenvalue weighted by atomic mass is 16.5. The number of guanidine groups is 1. The van der Waals surface area contributed by atoms with Gasteiger partial charge in [-0.1, -0.05) is 36.4 Å². The summed E-state index contributed by atoms with van der Waals surface area (Å²) in [6.07, 6.45) is 1.85. The third kappa shape index (κ3) is 4.76. The van der Waals surface area contributed by atoms with Crippen molar-refractivity contribution in [3.8, 4) is 5.75 Å². The van der Waals surface area contributed by atoms with Crippen LogP contribution in [0.15, 0.2) is 65.8 Å². The Hall–Kier alpha value is -3.08. The first-order valence-corrected chi connectivity index (χ1v) is 9.17. The Morgan fingerprint density at radius 2 is 1.89 bits per heavy atom. The van der Waals surface area contributed by atoms with Crippen molar-refractivity contribution in [2.75, 3.05) is 20.7 Å². The minimum Gasteiger partial charge on any atom is -0.494 e. The third-order valence-corrected chi connectivity index (χ3v) is 4.40. The van der Waals surface area contributed by atoms with Crippen LogP contribution in [0.4, 0.5) is 0 Å². The van der Waals surface area contributed by atoms with Gasteiger partial charge in [-0.05, 0) is 36.1 Å². The number of nitrogens with zero attached hydrogens (tertiary/aromatic N) is 3. The zero-order valence-electron chi connectivity index (χ0n) is 16.1. The van der Waals surface area contributed by atoms with Crippen molar-refractivity contribution < 1.29 is 4.74 Å². The number of pyridine rings is 1. The highest BCUT2D eigenvalue weighted by Crippen LogP contribution is 2.16. The number of fused-ring (bicyclic) bond motifs is 1. The molecule has 0 spiro atoms. The summed E-state index contributed by atoms with van der Waals surface area (Å²) < 4.78 is 5.50. The minimum absolute atomic E-state index is 0.627. The molecule has 5 nitrogen and oxygen atoms in total. The van der Waals surface area contributed by atoms with Gasteiger partial charge in [0.05, 0.1) is 18.8 Å². The molecule has 3 aromatic rings. The van der Waals surface area contributed by atoms with Gasteiger partial charge in [-0.3, -0.25) is 9.98 Å². The molecule has 0 saturated carbocycles. The highest BCUT2D eigenvalue weighted by Gasteiger charge is 2.09. The van der Waals surface area contributed by atoms with Crippen LogP contribution < -0.4 is 10.1 Å². The topological polar surface area (TPSA) is 49.8 Å². The van der Waals surface area contributed by atoms with Gasteiger partial charge in [0.15, 0.2) is 5.96 Å². The second-order valence-corrected chi connectivity index (χ2v) is 6.31. The van der Waals surface area contributed by atoms with Gasteiger partial charge in [0.2, 0.25) is 0 Å². The Kier molecular flexibility index (Phi) is 6.26. The lowest BCUT2D eigenvalue weighted by molar-refractivity contribution is 0.340. The molecule has 1 N–H and O–H groups in total. The van der Waals surface area contributed by atoms with Gasteiger partial charge in [-0.2, -0.15) is 0 Å². The van der Waals surface area contributed by atoms with Crippen molar-refractivity contribution >= 4 is 16.7 Å². The van der Waals surface area contributed by atoms with Gasteiger partial charge >= 0.3 is 0 Å². The molecule has 140 valence electrons. The van der Waals surface area contributed by atoms with Crippen LogP contribution in [-0.4, -0.2) is 36.5 Å². The smallest absolute Gasteiger partial charge is 0.194 e. The van der Waals surface area contributed by atoms with E-state index in [2.05, 4.69) is 44.5 Å². The average Bonchev–Trinajstić information content (AvgIpc) is 2.70. The number of benzene rings is 2. The zero-order chi connectivity index (χ0) is 19.1. The van der Waals surface area contributed by atoms with E-state index in [1.807, 2.05) is 50.5 Å². The predicted molar refractivity (Wildman–Crippen MR) is 111 cm³/mol. The van der Waals surface area contributed by atoms with Crippen molar-refractivity contribution in [1.29, 1.82) is 0 Å². The molecule has 0 atom stereocenters.